The van der Waals surface area contributed by atoms with Crippen LogP contribution in [-0.4, -0.2) is 145 Å². The summed E-state index contributed by atoms with van der Waals surface area (Å²) in [5, 5.41) is 13.5. The van der Waals surface area contributed by atoms with Crippen molar-refractivity contribution in [2.24, 2.45) is 23.3 Å². The highest BCUT2D eigenvalue weighted by Gasteiger charge is 2.74. The van der Waals surface area contributed by atoms with Crippen LogP contribution in [0, 0.1) is 11.8 Å². The molecule has 0 aromatic rings. The van der Waals surface area contributed by atoms with Gasteiger partial charge in [-0.2, -0.15) is 0 Å². The molecule has 0 radical (unpaired) electrons. The lowest BCUT2D eigenvalue weighted by Gasteiger charge is -2.39. The van der Waals surface area contributed by atoms with Crippen LogP contribution >= 0.6 is 21.6 Å². The molecule has 9 aliphatic rings. The summed E-state index contributed by atoms with van der Waals surface area (Å²) in [6, 6.07) is -0.0657. The molecular formula is C36H44N8O10S2. The molecule has 2 amide bonds. The number of ether oxygens (including phenoxy) is 4. The number of nitrogens with zero attached hydrogens (tertiary/aromatic N) is 2. The zero-order chi connectivity index (χ0) is 39.6. The highest BCUT2D eigenvalue weighted by molar-refractivity contribution is 8.77. The summed E-state index contributed by atoms with van der Waals surface area (Å²) < 4.78 is 22.6. The Hall–Kier alpha value is -4.08. The molecule has 10 atom stereocenters. The predicted octanol–water partition coefficient (Wildman–Crippen LogP) is -1.11. The predicted molar refractivity (Wildman–Crippen MR) is 200 cm³/mol. The maximum absolute atomic E-state index is 14.2. The lowest BCUT2D eigenvalue weighted by atomic mass is 9.82. The van der Waals surface area contributed by atoms with Crippen molar-refractivity contribution < 1.29 is 47.7 Å². The minimum absolute atomic E-state index is 0.0992. The van der Waals surface area contributed by atoms with Crippen molar-refractivity contribution in [1.29, 1.82) is 0 Å². The van der Waals surface area contributed by atoms with Crippen LogP contribution in [0.4, 0.5) is 9.59 Å². The third-order valence-electron chi connectivity index (χ3n) is 13.0. The highest BCUT2D eigenvalue weighted by Crippen LogP contribution is 2.57. The van der Waals surface area contributed by atoms with E-state index in [1.807, 2.05) is 9.80 Å². The zero-order valence-electron chi connectivity index (χ0n) is 31.2. The van der Waals surface area contributed by atoms with Crippen LogP contribution < -0.4 is 32.7 Å². The summed E-state index contributed by atoms with van der Waals surface area (Å²) in [5.74, 6) is -2.60. The van der Waals surface area contributed by atoms with E-state index < -0.39 is 35.5 Å². The smallest absolute Gasteiger partial charge is 0.404 e. The van der Waals surface area contributed by atoms with E-state index in [1.54, 1.807) is 35.4 Å². The molecule has 7 heterocycles. The molecule has 8 N–H and O–H groups in total. The monoisotopic (exact) mass is 812 g/mol. The second kappa shape index (κ2) is 13.2. The maximum atomic E-state index is 14.2. The van der Waals surface area contributed by atoms with Gasteiger partial charge in [0.05, 0.1) is 46.7 Å². The number of carbonyl (C=O) groups is 6. The number of carbonyl (C=O) groups excluding carboxylic acids is 6. The first-order valence-electron chi connectivity index (χ1n) is 18.7. The number of methoxy groups -OCH3 is 2. The van der Waals surface area contributed by atoms with E-state index in [0.29, 0.717) is 48.7 Å². The Labute approximate surface area is 329 Å². The summed E-state index contributed by atoms with van der Waals surface area (Å²) in [6.45, 7) is 4.73. The molecule has 5 fully saturated rings. The third-order valence-corrected chi connectivity index (χ3v) is 16.4. The number of amides is 2. The van der Waals surface area contributed by atoms with E-state index in [0.717, 1.165) is 12.8 Å². The Morgan fingerprint density at radius 1 is 0.714 bits per heavy atom. The Morgan fingerprint density at radius 2 is 1.11 bits per heavy atom. The highest BCUT2D eigenvalue weighted by atomic mass is 33.1. The van der Waals surface area contributed by atoms with Crippen LogP contribution in [0.5, 0.6) is 0 Å². The van der Waals surface area contributed by atoms with E-state index in [9.17, 15) is 28.8 Å². The molecule has 0 unspecified atom stereocenters. The van der Waals surface area contributed by atoms with Crippen molar-refractivity contribution in [2.75, 3.05) is 53.6 Å². The van der Waals surface area contributed by atoms with Crippen LogP contribution in [-0.2, 0) is 38.1 Å². The number of Topliss-reactive ketones (excluding diaryl/α,β-unsaturated/α-hetero) is 4. The van der Waals surface area contributed by atoms with Gasteiger partial charge in [0.1, 0.15) is 13.2 Å². The maximum Gasteiger partial charge on any atom is 0.404 e. The molecule has 7 aliphatic heterocycles. The second-order valence-electron chi connectivity index (χ2n) is 15.6. The van der Waals surface area contributed by atoms with Crippen molar-refractivity contribution >= 4 is 56.9 Å². The van der Waals surface area contributed by atoms with Gasteiger partial charge in [-0.05, 0) is 26.7 Å². The molecule has 0 aromatic heterocycles. The molecule has 0 saturated carbocycles. The molecule has 0 bridgehead atoms. The van der Waals surface area contributed by atoms with Crippen LogP contribution in [0.2, 0.25) is 0 Å². The minimum Gasteiger partial charge on any atom is -0.449 e. The van der Waals surface area contributed by atoms with E-state index >= 15 is 0 Å². The minimum atomic E-state index is -1.05. The van der Waals surface area contributed by atoms with Gasteiger partial charge in [0.2, 0.25) is 23.1 Å². The number of piperazine rings is 2. The Morgan fingerprint density at radius 3 is 1.45 bits per heavy atom. The fourth-order valence-corrected chi connectivity index (χ4v) is 13.3. The molecule has 56 heavy (non-hydrogen) atoms. The average Bonchev–Trinajstić information content (AvgIpc) is 4.01. The molecule has 18 nitrogen and oxygen atoms in total. The number of nitrogens with one attached hydrogen (secondary N) is 4. The number of hydrogen-bond acceptors (Lipinski definition) is 18. The van der Waals surface area contributed by atoms with Gasteiger partial charge in [-0.1, -0.05) is 21.6 Å². The molecule has 20 heteroatoms. The van der Waals surface area contributed by atoms with E-state index in [4.69, 9.17) is 30.4 Å². The molecular weight excluding hydrogens is 769 g/mol. The summed E-state index contributed by atoms with van der Waals surface area (Å²) in [6.07, 6.45) is -0.373. The zero-order valence-corrected chi connectivity index (χ0v) is 32.9. The number of rotatable bonds is 12. The van der Waals surface area contributed by atoms with Crippen molar-refractivity contribution in [3.8, 4) is 0 Å². The van der Waals surface area contributed by atoms with Crippen molar-refractivity contribution in [3.63, 3.8) is 0 Å². The summed E-state index contributed by atoms with van der Waals surface area (Å²) >= 11 is 0. The third kappa shape index (κ3) is 5.18. The van der Waals surface area contributed by atoms with E-state index in [-0.39, 0.29) is 93.6 Å². The van der Waals surface area contributed by atoms with Crippen molar-refractivity contribution in [3.05, 3.63) is 45.1 Å². The molecule has 0 aromatic carbocycles. The average molecular weight is 813 g/mol. The Kier molecular flexibility index (Phi) is 8.86. The fraction of sp³-hybridized carbons (Fsp3) is 0.611. The topological polar surface area (TPSA) is 266 Å². The Balaban J connectivity index is 0.834. The summed E-state index contributed by atoms with van der Waals surface area (Å²) in [7, 11) is 6.38. The largest absolute Gasteiger partial charge is 0.449 e. The van der Waals surface area contributed by atoms with Gasteiger partial charge in [-0.3, -0.25) is 19.2 Å². The van der Waals surface area contributed by atoms with Gasteiger partial charge in [0.15, 0.2) is 11.4 Å². The number of nitrogens with two attached hydrogens (primary N) is 2. The van der Waals surface area contributed by atoms with E-state index in [2.05, 4.69) is 21.3 Å². The van der Waals surface area contributed by atoms with Gasteiger partial charge in [-0.25, -0.2) is 9.59 Å². The van der Waals surface area contributed by atoms with Crippen LogP contribution in [0.1, 0.15) is 26.7 Å². The number of primary amides is 2. The number of allylic oxidation sites excluding steroid dienone is 4. The summed E-state index contributed by atoms with van der Waals surface area (Å²) in [5.41, 5.74) is 10.8. The molecule has 0 spiro atoms. The van der Waals surface area contributed by atoms with Crippen molar-refractivity contribution in [2.45, 2.75) is 72.8 Å². The van der Waals surface area contributed by atoms with Gasteiger partial charge in [0.25, 0.3) is 0 Å². The van der Waals surface area contributed by atoms with Gasteiger partial charge < -0.3 is 61.5 Å². The van der Waals surface area contributed by atoms with E-state index in [1.165, 1.54) is 14.2 Å². The molecule has 5 saturated heterocycles. The van der Waals surface area contributed by atoms with Crippen LogP contribution in [0.15, 0.2) is 45.1 Å². The standard InChI is InChI=1S/C36H44N8O10S2/c1-13-23(29(47)21-17(11-53-33(37)49)35(51-3)31-19(41-31)9-43(35)25(21)27(13)45)39-7-15-5-6-16(56-55-15)8-40-24-14(2)28(46)26-22(30(24)48)18(12-54-34(38)50)36(52-4)32-20(42-32)10-44(26)36/h15-20,31-32,39-42H,5-12H2,1-4H3,(H2,37,49)(H2,38,50)/t15-,16+,17-,18-,19+,20+,31+,32+,35-,36-/m1/s1. The molecule has 2 aliphatic carbocycles. The van der Waals surface area contributed by atoms with Crippen molar-refractivity contribution in [1.82, 2.24) is 31.1 Å². The molecule has 300 valence electrons. The number of ketones is 4. The fourth-order valence-electron chi connectivity index (χ4n) is 10.3. The molecule has 9 rings (SSSR count). The lowest BCUT2D eigenvalue weighted by Crippen LogP contribution is -2.55. The second-order valence-corrected chi connectivity index (χ2v) is 18.5. The van der Waals surface area contributed by atoms with Gasteiger partial charge >= 0.3 is 12.2 Å². The first-order valence-corrected chi connectivity index (χ1v) is 21.0. The normalized spacial score (nSPS) is 37.7. The quantitative estimate of drug-likeness (QED) is 0.0775. The van der Waals surface area contributed by atoms with Crippen LogP contribution in [0.3, 0.4) is 0 Å². The summed E-state index contributed by atoms with van der Waals surface area (Å²) in [4.78, 5) is 83.2. The van der Waals surface area contributed by atoms with Gasteiger partial charge in [-0.15, -0.1) is 0 Å². The van der Waals surface area contributed by atoms with Gasteiger partial charge in [0, 0.05) is 85.3 Å². The first-order chi connectivity index (χ1) is 26.8. The number of fused-ring (bicyclic) bond motifs is 8. The SMILES string of the molecule is CO[C@@]12[C@H](COC(N)=O)C3=C(C(=O)C(C)=C(NC[C@H]4CC[C@@H](CNC5=C(C)C(=O)C6=C(C5=O)[C@@H](COC(N)=O)[C@@]5(OC)[C@H]7N[C@H]7CN65)SS4)C3=O)N1C[C@@H]1N[C@@H]12. The lowest BCUT2D eigenvalue weighted by molar-refractivity contribution is -0.137. The number of hydrogen-bond donors (Lipinski definition) is 6. The van der Waals surface area contributed by atoms with Crippen LogP contribution in [0.25, 0.3) is 0 Å². The first kappa shape index (κ1) is 37.5. The Bertz CT molecular complexity index is 1870.